The summed E-state index contributed by atoms with van der Waals surface area (Å²) < 4.78 is -0.392. The van der Waals surface area contributed by atoms with Crippen LogP contribution in [0.2, 0.25) is 0 Å². The van der Waals surface area contributed by atoms with Crippen LogP contribution < -0.4 is 0 Å². The molecule has 2 fully saturated rings. The Morgan fingerprint density at radius 2 is 1.87 bits per heavy atom. The average Bonchev–Trinajstić information content (AvgIpc) is 2.75. The summed E-state index contributed by atoms with van der Waals surface area (Å²) in [4.78, 5) is 14.1. The lowest BCUT2D eigenvalue weighted by Gasteiger charge is -2.27. The van der Waals surface area contributed by atoms with E-state index in [1.165, 1.54) is 32.1 Å². The number of hydrogen-bond acceptors (Lipinski definition) is 1. The van der Waals surface area contributed by atoms with Gasteiger partial charge < -0.3 is 4.90 Å². The van der Waals surface area contributed by atoms with Gasteiger partial charge >= 0.3 is 0 Å². The number of nitrogens with zero attached hydrogens (tertiary/aromatic N) is 1. The molecule has 2 nitrogen and oxygen atoms in total. The summed E-state index contributed by atoms with van der Waals surface area (Å²) in [7, 11) is 0. The van der Waals surface area contributed by atoms with Gasteiger partial charge in [0.25, 0.3) is 0 Å². The van der Waals surface area contributed by atoms with Gasteiger partial charge in [0, 0.05) is 13.1 Å². The number of amides is 1. The van der Waals surface area contributed by atoms with Gasteiger partial charge in [-0.25, -0.2) is 0 Å². The maximum absolute atomic E-state index is 12.1. The molecule has 2 rings (SSSR count). The SMILES string of the molecule is CC(C)(Br)C(=O)N1CCC2(CCCC2)C1. The van der Waals surface area contributed by atoms with Crippen LogP contribution in [0.1, 0.15) is 46.0 Å². The van der Waals surface area contributed by atoms with Gasteiger partial charge in [-0.2, -0.15) is 0 Å². The Morgan fingerprint density at radius 1 is 1.27 bits per heavy atom. The summed E-state index contributed by atoms with van der Waals surface area (Å²) in [5.41, 5.74) is 0.494. The maximum Gasteiger partial charge on any atom is 0.238 e. The molecule has 0 atom stereocenters. The third-order valence-corrected chi connectivity index (χ3v) is 4.24. The first-order valence-corrected chi connectivity index (χ1v) is 6.71. The molecule has 0 aromatic rings. The molecule has 0 bridgehead atoms. The first kappa shape index (κ1) is 11.4. The van der Waals surface area contributed by atoms with E-state index in [-0.39, 0.29) is 5.91 Å². The number of halogens is 1. The minimum absolute atomic E-state index is 0.256. The zero-order valence-electron chi connectivity index (χ0n) is 9.68. The fourth-order valence-corrected chi connectivity index (χ4v) is 3.27. The molecule has 0 aromatic carbocycles. The topological polar surface area (TPSA) is 20.3 Å². The molecule has 1 saturated carbocycles. The zero-order valence-corrected chi connectivity index (χ0v) is 11.3. The van der Waals surface area contributed by atoms with E-state index in [4.69, 9.17) is 0 Å². The van der Waals surface area contributed by atoms with Crippen molar-refractivity contribution in [2.24, 2.45) is 5.41 Å². The van der Waals surface area contributed by atoms with Crippen molar-refractivity contribution in [2.45, 2.75) is 50.3 Å². The molecule has 1 amide bonds. The van der Waals surface area contributed by atoms with Crippen LogP contribution in [0.4, 0.5) is 0 Å². The highest BCUT2D eigenvalue weighted by Gasteiger charge is 2.43. The molecule has 0 unspecified atom stereocenters. The summed E-state index contributed by atoms with van der Waals surface area (Å²) in [5.74, 6) is 0.256. The highest BCUT2D eigenvalue weighted by Crippen LogP contribution is 2.45. The van der Waals surface area contributed by atoms with Crippen LogP contribution in [0.25, 0.3) is 0 Å². The van der Waals surface area contributed by atoms with Gasteiger partial charge in [0.2, 0.25) is 5.91 Å². The lowest BCUT2D eigenvalue weighted by Crippen LogP contribution is -2.41. The third kappa shape index (κ3) is 2.22. The summed E-state index contributed by atoms with van der Waals surface area (Å²) in [6, 6.07) is 0. The Hall–Kier alpha value is -0.0500. The van der Waals surface area contributed by atoms with Gasteiger partial charge in [0.15, 0.2) is 0 Å². The average molecular weight is 274 g/mol. The molecule has 3 heteroatoms. The van der Waals surface area contributed by atoms with Crippen LogP contribution in [0, 0.1) is 5.41 Å². The van der Waals surface area contributed by atoms with Crippen LogP contribution >= 0.6 is 15.9 Å². The number of carbonyl (C=O) groups excluding carboxylic acids is 1. The first-order chi connectivity index (χ1) is 6.93. The van der Waals surface area contributed by atoms with E-state index >= 15 is 0 Å². The van der Waals surface area contributed by atoms with Crippen LogP contribution in [0.3, 0.4) is 0 Å². The van der Waals surface area contributed by atoms with E-state index in [9.17, 15) is 4.79 Å². The molecule has 1 heterocycles. The number of hydrogen-bond donors (Lipinski definition) is 0. The lowest BCUT2D eigenvalue weighted by molar-refractivity contribution is -0.132. The van der Waals surface area contributed by atoms with E-state index in [0.29, 0.717) is 5.41 Å². The van der Waals surface area contributed by atoms with Gasteiger partial charge in [-0.05, 0) is 38.5 Å². The van der Waals surface area contributed by atoms with Crippen molar-refractivity contribution < 1.29 is 4.79 Å². The molecule has 1 aliphatic heterocycles. The van der Waals surface area contributed by atoms with Crippen LogP contribution in [-0.4, -0.2) is 28.2 Å². The second-order valence-electron chi connectivity index (χ2n) is 5.66. The molecule has 0 radical (unpaired) electrons. The molecular weight excluding hydrogens is 254 g/mol. The van der Waals surface area contributed by atoms with Gasteiger partial charge in [-0.15, -0.1) is 0 Å². The smallest absolute Gasteiger partial charge is 0.238 e. The fourth-order valence-electron chi connectivity index (χ4n) is 3.02. The van der Waals surface area contributed by atoms with E-state index < -0.39 is 4.32 Å². The zero-order chi connectivity index (χ0) is 11.1. The van der Waals surface area contributed by atoms with Crippen molar-refractivity contribution in [3.8, 4) is 0 Å². The minimum atomic E-state index is -0.392. The van der Waals surface area contributed by atoms with Crippen LogP contribution in [-0.2, 0) is 4.79 Å². The van der Waals surface area contributed by atoms with Crippen LogP contribution in [0.15, 0.2) is 0 Å². The lowest BCUT2D eigenvalue weighted by atomic mass is 9.86. The molecule has 2 aliphatic rings. The highest BCUT2D eigenvalue weighted by molar-refractivity contribution is 9.10. The van der Waals surface area contributed by atoms with Crippen molar-refractivity contribution >= 4 is 21.8 Å². The van der Waals surface area contributed by atoms with Gasteiger partial charge in [-0.1, -0.05) is 28.8 Å². The second kappa shape index (κ2) is 3.76. The molecule has 15 heavy (non-hydrogen) atoms. The summed E-state index contributed by atoms with van der Waals surface area (Å²) in [5, 5.41) is 0. The number of likely N-dealkylation sites (tertiary alicyclic amines) is 1. The highest BCUT2D eigenvalue weighted by atomic mass is 79.9. The van der Waals surface area contributed by atoms with Gasteiger partial charge in [-0.3, -0.25) is 4.79 Å². The fraction of sp³-hybridized carbons (Fsp3) is 0.917. The van der Waals surface area contributed by atoms with Crippen molar-refractivity contribution in [2.75, 3.05) is 13.1 Å². The Morgan fingerprint density at radius 3 is 2.40 bits per heavy atom. The molecule has 0 aromatic heterocycles. The van der Waals surface area contributed by atoms with Crippen LogP contribution in [0.5, 0.6) is 0 Å². The Kier molecular flexibility index (Phi) is 2.87. The van der Waals surface area contributed by atoms with E-state index in [1.807, 2.05) is 13.8 Å². The first-order valence-electron chi connectivity index (χ1n) is 5.91. The van der Waals surface area contributed by atoms with Crippen molar-refractivity contribution in [1.82, 2.24) is 4.90 Å². The van der Waals surface area contributed by atoms with E-state index in [2.05, 4.69) is 20.8 Å². The molecular formula is C12H20BrNO. The Balaban J connectivity index is 2.01. The largest absolute Gasteiger partial charge is 0.341 e. The number of alkyl halides is 1. The van der Waals surface area contributed by atoms with E-state index in [0.717, 1.165) is 13.1 Å². The van der Waals surface area contributed by atoms with Crippen molar-refractivity contribution in [1.29, 1.82) is 0 Å². The Labute approximate surface area is 101 Å². The second-order valence-corrected chi connectivity index (χ2v) is 7.64. The van der Waals surface area contributed by atoms with E-state index in [1.54, 1.807) is 0 Å². The molecule has 86 valence electrons. The van der Waals surface area contributed by atoms with Gasteiger partial charge in [0.1, 0.15) is 0 Å². The monoisotopic (exact) mass is 273 g/mol. The normalized spacial score (nSPS) is 25.1. The van der Waals surface area contributed by atoms with Crippen molar-refractivity contribution in [3.63, 3.8) is 0 Å². The third-order valence-electron chi connectivity index (χ3n) is 3.90. The standard InChI is InChI=1S/C12H20BrNO/c1-11(2,13)10(15)14-8-7-12(9-14)5-3-4-6-12/h3-9H2,1-2H3. The summed E-state index contributed by atoms with van der Waals surface area (Å²) in [6.07, 6.45) is 6.61. The summed E-state index contributed by atoms with van der Waals surface area (Å²) >= 11 is 3.46. The minimum Gasteiger partial charge on any atom is -0.341 e. The molecule has 1 saturated heterocycles. The molecule has 0 N–H and O–H groups in total. The molecule has 1 spiro atoms. The van der Waals surface area contributed by atoms with Crippen molar-refractivity contribution in [3.05, 3.63) is 0 Å². The quantitative estimate of drug-likeness (QED) is 0.673. The summed E-state index contributed by atoms with van der Waals surface area (Å²) in [6.45, 7) is 5.85. The predicted molar refractivity (Wildman–Crippen MR) is 65.1 cm³/mol. The maximum atomic E-state index is 12.1. The Bertz CT molecular complexity index is 263. The number of carbonyl (C=O) groups is 1. The molecule has 1 aliphatic carbocycles. The predicted octanol–water partition coefficient (Wildman–Crippen LogP) is 2.95. The number of rotatable bonds is 1. The van der Waals surface area contributed by atoms with Gasteiger partial charge in [0.05, 0.1) is 4.32 Å².